The second-order valence-corrected chi connectivity index (χ2v) is 6.94. The molecule has 1 aliphatic rings. The molecule has 0 spiro atoms. The number of ether oxygens (including phenoxy) is 1. The minimum atomic E-state index is -1.04. The van der Waals surface area contributed by atoms with Crippen LogP contribution in [-0.4, -0.2) is 24.9 Å². The molecular formula is C21H22N2O4. The molecule has 1 fully saturated rings. The smallest absolute Gasteiger partial charge is 0.337 e. The SMILES string of the molecule is COC(=O)c1ccc(NC(=O)C2(C(=O)Nc3cc(C)cc(C)c3)CC2)cc1. The fourth-order valence-corrected chi connectivity index (χ4v) is 3.04. The van der Waals surface area contributed by atoms with Crippen LogP contribution in [0, 0.1) is 19.3 Å². The second kappa shape index (κ2) is 7.23. The molecular weight excluding hydrogens is 344 g/mol. The lowest BCUT2D eigenvalue weighted by atomic mass is 10.0. The van der Waals surface area contributed by atoms with Gasteiger partial charge in [-0.1, -0.05) is 6.07 Å². The number of amides is 2. The molecule has 0 heterocycles. The van der Waals surface area contributed by atoms with E-state index in [0.29, 0.717) is 29.8 Å². The summed E-state index contributed by atoms with van der Waals surface area (Å²) in [4.78, 5) is 36.8. The number of methoxy groups -OCH3 is 1. The Balaban J connectivity index is 1.68. The molecule has 6 nitrogen and oxygen atoms in total. The molecule has 0 bridgehead atoms. The average molecular weight is 366 g/mol. The summed E-state index contributed by atoms with van der Waals surface area (Å²) in [6.07, 6.45) is 1.02. The van der Waals surface area contributed by atoms with E-state index in [9.17, 15) is 14.4 Å². The molecule has 3 rings (SSSR count). The predicted molar refractivity (Wildman–Crippen MR) is 103 cm³/mol. The zero-order valence-electron chi connectivity index (χ0n) is 15.6. The number of carbonyl (C=O) groups excluding carboxylic acids is 3. The van der Waals surface area contributed by atoms with Crippen molar-refractivity contribution < 1.29 is 19.1 Å². The number of benzene rings is 2. The quantitative estimate of drug-likeness (QED) is 0.627. The first kappa shape index (κ1) is 18.6. The molecule has 1 aliphatic carbocycles. The van der Waals surface area contributed by atoms with E-state index in [2.05, 4.69) is 15.4 Å². The number of carbonyl (C=O) groups is 3. The van der Waals surface area contributed by atoms with Gasteiger partial charge in [-0.15, -0.1) is 0 Å². The van der Waals surface area contributed by atoms with Crippen molar-refractivity contribution in [1.82, 2.24) is 0 Å². The summed E-state index contributed by atoms with van der Waals surface area (Å²) >= 11 is 0. The molecule has 0 unspecified atom stereocenters. The van der Waals surface area contributed by atoms with Crippen LogP contribution in [0.2, 0.25) is 0 Å². The van der Waals surface area contributed by atoms with Crippen LogP contribution in [0.25, 0.3) is 0 Å². The first-order valence-corrected chi connectivity index (χ1v) is 8.74. The van der Waals surface area contributed by atoms with Gasteiger partial charge in [0.15, 0.2) is 0 Å². The molecule has 140 valence electrons. The monoisotopic (exact) mass is 366 g/mol. The van der Waals surface area contributed by atoms with Gasteiger partial charge in [0.25, 0.3) is 0 Å². The number of aryl methyl sites for hydroxylation is 2. The minimum Gasteiger partial charge on any atom is -0.465 e. The highest BCUT2D eigenvalue weighted by Gasteiger charge is 2.56. The van der Waals surface area contributed by atoms with Crippen molar-refractivity contribution in [2.45, 2.75) is 26.7 Å². The Morgan fingerprint density at radius 2 is 1.37 bits per heavy atom. The molecule has 6 heteroatoms. The third kappa shape index (κ3) is 4.00. The summed E-state index contributed by atoms with van der Waals surface area (Å²) in [6, 6.07) is 12.1. The molecule has 1 saturated carbocycles. The lowest BCUT2D eigenvalue weighted by Crippen LogP contribution is -2.35. The molecule has 2 aromatic rings. The Bertz CT molecular complexity index is 879. The number of hydrogen-bond acceptors (Lipinski definition) is 4. The van der Waals surface area contributed by atoms with E-state index in [0.717, 1.165) is 11.1 Å². The molecule has 2 N–H and O–H groups in total. The molecule has 0 saturated heterocycles. The summed E-state index contributed by atoms with van der Waals surface area (Å²) in [5, 5.41) is 5.63. The fourth-order valence-electron chi connectivity index (χ4n) is 3.04. The first-order chi connectivity index (χ1) is 12.8. The third-order valence-electron chi connectivity index (χ3n) is 4.66. The van der Waals surface area contributed by atoms with Crippen LogP contribution >= 0.6 is 0 Å². The zero-order chi connectivity index (χ0) is 19.6. The standard InChI is InChI=1S/C21H22N2O4/c1-13-10-14(2)12-17(11-13)23-20(26)21(8-9-21)19(25)22-16-6-4-15(5-7-16)18(24)27-3/h4-7,10-12H,8-9H2,1-3H3,(H,22,25)(H,23,26). The van der Waals surface area contributed by atoms with Gasteiger partial charge in [-0.25, -0.2) is 4.79 Å². The Morgan fingerprint density at radius 1 is 0.852 bits per heavy atom. The highest BCUT2D eigenvalue weighted by Crippen LogP contribution is 2.47. The average Bonchev–Trinajstić information content (AvgIpc) is 3.43. The normalized spacial score (nSPS) is 14.2. The molecule has 0 aliphatic heterocycles. The Morgan fingerprint density at radius 3 is 1.85 bits per heavy atom. The molecule has 0 aromatic heterocycles. The van der Waals surface area contributed by atoms with Crippen molar-refractivity contribution in [1.29, 1.82) is 0 Å². The summed E-state index contributed by atoms with van der Waals surface area (Å²) in [6.45, 7) is 3.92. The van der Waals surface area contributed by atoms with Crippen LogP contribution in [0.1, 0.15) is 34.3 Å². The van der Waals surface area contributed by atoms with Crippen LogP contribution < -0.4 is 10.6 Å². The van der Waals surface area contributed by atoms with Gasteiger partial charge in [0.1, 0.15) is 5.41 Å². The van der Waals surface area contributed by atoms with Crippen molar-refractivity contribution in [2.75, 3.05) is 17.7 Å². The van der Waals surface area contributed by atoms with Gasteiger partial charge in [-0.3, -0.25) is 9.59 Å². The summed E-state index contributed by atoms with van der Waals surface area (Å²) in [5.74, 6) is -1.08. The van der Waals surface area contributed by atoms with Crippen molar-refractivity contribution in [3.8, 4) is 0 Å². The highest BCUT2D eigenvalue weighted by atomic mass is 16.5. The van der Waals surface area contributed by atoms with Crippen LogP contribution in [0.5, 0.6) is 0 Å². The maximum Gasteiger partial charge on any atom is 0.337 e. The van der Waals surface area contributed by atoms with E-state index in [1.54, 1.807) is 24.3 Å². The number of anilines is 2. The van der Waals surface area contributed by atoms with Gasteiger partial charge in [0.2, 0.25) is 11.8 Å². The van der Waals surface area contributed by atoms with Gasteiger partial charge in [-0.05, 0) is 74.2 Å². The topological polar surface area (TPSA) is 84.5 Å². The maximum absolute atomic E-state index is 12.7. The first-order valence-electron chi connectivity index (χ1n) is 8.74. The van der Waals surface area contributed by atoms with Crippen LogP contribution in [-0.2, 0) is 14.3 Å². The van der Waals surface area contributed by atoms with Crippen LogP contribution in [0.4, 0.5) is 11.4 Å². The molecule has 2 amide bonds. The van der Waals surface area contributed by atoms with E-state index in [4.69, 9.17) is 0 Å². The highest BCUT2D eigenvalue weighted by molar-refractivity contribution is 6.17. The Hall–Kier alpha value is -3.15. The van der Waals surface area contributed by atoms with Crippen LogP contribution in [0.3, 0.4) is 0 Å². The van der Waals surface area contributed by atoms with Crippen molar-refractivity contribution in [3.05, 3.63) is 59.2 Å². The van der Waals surface area contributed by atoms with Gasteiger partial charge in [0.05, 0.1) is 12.7 Å². The fraction of sp³-hybridized carbons (Fsp3) is 0.286. The number of hydrogen-bond donors (Lipinski definition) is 2. The van der Waals surface area contributed by atoms with E-state index in [1.807, 2.05) is 32.0 Å². The largest absolute Gasteiger partial charge is 0.465 e. The van der Waals surface area contributed by atoms with Gasteiger partial charge in [0, 0.05) is 11.4 Å². The minimum absolute atomic E-state index is 0.295. The summed E-state index contributed by atoms with van der Waals surface area (Å²) < 4.78 is 4.65. The predicted octanol–water partition coefficient (Wildman–Crippen LogP) is 3.45. The molecule has 2 aromatic carbocycles. The summed E-state index contributed by atoms with van der Waals surface area (Å²) in [5.41, 5.74) is 2.66. The number of esters is 1. The van der Waals surface area contributed by atoms with Crippen molar-refractivity contribution in [3.63, 3.8) is 0 Å². The van der Waals surface area contributed by atoms with E-state index < -0.39 is 11.4 Å². The Kier molecular flexibility index (Phi) is 4.99. The summed E-state index contributed by atoms with van der Waals surface area (Å²) in [7, 11) is 1.31. The van der Waals surface area contributed by atoms with E-state index >= 15 is 0 Å². The van der Waals surface area contributed by atoms with Gasteiger partial charge >= 0.3 is 5.97 Å². The number of nitrogens with one attached hydrogen (secondary N) is 2. The lowest BCUT2D eigenvalue weighted by molar-refractivity contribution is -0.131. The third-order valence-corrected chi connectivity index (χ3v) is 4.66. The number of rotatable bonds is 5. The lowest BCUT2D eigenvalue weighted by Gasteiger charge is -2.16. The van der Waals surface area contributed by atoms with Crippen LogP contribution in [0.15, 0.2) is 42.5 Å². The second-order valence-electron chi connectivity index (χ2n) is 6.94. The molecule has 27 heavy (non-hydrogen) atoms. The Labute approximate surface area is 157 Å². The zero-order valence-corrected chi connectivity index (χ0v) is 15.6. The van der Waals surface area contributed by atoms with Crippen molar-refractivity contribution in [2.24, 2.45) is 5.41 Å². The van der Waals surface area contributed by atoms with E-state index in [1.165, 1.54) is 7.11 Å². The van der Waals surface area contributed by atoms with E-state index in [-0.39, 0.29) is 11.8 Å². The molecule has 0 atom stereocenters. The van der Waals surface area contributed by atoms with Crippen molar-refractivity contribution >= 4 is 29.2 Å². The van der Waals surface area contributed by atoms with Gasteiger partial charge < -0.3 is 15.4 Å². The van der Waals surface area contributed by atoms with Gasteiger partial charge in [-0.2, -0.15) is 0 Å². The molecule has 0 radical (unpaired) electrons. The maximum atomic E-state index is 12.7.